The SMILES string of the molecule is CC(=O)SCC1CC(=O)N(CCn2ccnc2)C1. The Balaban J connectivity index is 1.76. The molecule has 0 aromatic carbocycles. The van der Waals surface area contributed by atoms with E-state index < -0.39 is 0 Å². The summed E-state index contributed by atoms with van der Waals surface area (Å²) in [5.74, 6) is 1.27. The van der Waals surface area contributed by atoms with Crippen LogP contribution in [0.2, 0.25) is 0 Å². The Kier molecular flexibility index (Phi) is 4.41. The lowest BCUT2D eigenvalue weighted by atomic mass is 10.1. The summed E-state index contributed by atoms with van der Waals surface area (Å²) >= 11 is 1.32. The van der Waals surface area contributed by atoms with Crippen molar-refractivity contribution in [1.29, 1.82) is 0 Å². The number of thioether (sulfide) groups is 1. The average molecular weight is 267 g/mol. The van der Waals surface area contributed by atoms with Crippen LogP contribution in [0.4, 0.5) is 0 Å². The average Bonchev–Trinajstić information content (AvgIpc) is 2.93. The maximum absolute atomic E-state index is 11.8. The smallest absolute Gasteiger partial charge is 0.223 e. The maximum Gasteiger partial charge on any atom is 0.223 e. The van der Waals surface area contributed by atoms with Gasteiger partial charge in [0.05, 0.1) is 6.33 Å². The summed E-state index contributed by atoms with van der Waals surface area (Å²) in [7, 11) is 0. The number of hydrogen-bond acceptors (Lipinski definition) is 4. The van der Waals surface area contributed by atoms with Gasteiger partial charge in [-0.25, -0.2) is 4.98 Å². The summed E-state index contributed by atoms with van der Waals surface area (Å²) in [6.07, 6.45) is 5.95. The number of nitrogens with zero attached hydrogens (tertiary/aromatic N) is 3. The molecule has 2 heterocycles. The van der Waals surface area contributed by atoms with Crippen molar-refractivity contribution >= 4 is 22.8 Å². The molecule has 1 aromatic rings. The zero-order chi connectivity index (χ0) is 13.0. The van der Waals surface area contributed by atoms with E-state index in [1.165, 1.54) is 11.8 Å². The van der Waals surface area contributed by atoms with Crippen molar-refractivity contribution in [2.24, 2.45) is 5.92 Å². The molecule has 5 nitrogen and oxygen atoms in total. The zero-order valence-corrected chi connectivity index (χ0v) is 11.2. The van der Waals surface area contributed by atoms with Gasteiger partial charge in [0, 0.05) is 51.1 Å². The Morgan fingerprint density at radius 2 is 2.39 bits per heavy atom. The summed E-state index contributed by atoms with van der Waals surface area (Å²) < 4.78 is 1.96. The van der Waals surface area contributed by atoms with Crippen LogP contribution in [-0.4, -0.2) is 44.3 Å². The molecular formula is C12H17N3O2S. The molecule has 0 bridgehead atoms. The van der Waals surface area contributed by atoms with Crippen LogP contribution in [0.25, 0.3) is 0 Å². The molecule has 1 fully saturated rings. The van der Waals surface area contributed by atoms with E-state index in [1.54, 1.807) is 19.4 Å². The van der Waals surface area contributed by atoms with Crippen LogP contribution in [0.5, 0.6) is 0 Å². The van der Waals surface area contributed by atoms with Gasteiger partial charge in [-0.15, -0.1) is 0 Å². The lowest BCUT2D eigenvalue weighted by molar-refractivity contribution is -0.127. The van der Waals surface area contributed by atoms with Crippen molar-refractivity contribution in [2.75, 3.05) is 18.8 Å². The van der Waals surface area contributed by atoms with Gasteiger partial charge in [-0.3, -0.25) is 9.59 Å². The summed E-state index contributed by atoms with van der Waals surface area (Å²) in [5.41, 5.74) is 0. The third kappa shape index (κ3) is 3.60. The Labute approximate surface area is 111 Å². The van der Waals surface area contributed by atoms with Crippen molar-refractivity contribution in [3.63, 3.8) is 0 Å². The molecule has 2 rings (SSSR count). The lowest BCUT2D eigenvalue weighted by Gasteiger charge is -2.16. The Hall–Kier alpha value is -1.30. The van der Waals surface area contributed by atoms with Crippen molar-refractivity contribution in [1.82, 2.24) is 14.5 Å². The molecule has 0 radical (unpaired) electrons. The molecule has 0 saturated carbocycles. The maximum atomic E-state index is 11.8. The molecule has 1 aromatic heterocycles. The van der Waals surface area contributed by atoms with E-state index in [4.69, 9.17) is 0 Å². The Bertz CT molecular complexity index is 419. The second-order valence-electron chi connectivity index (χ2n) is 4.51. The van der Waals surface area contributed by atoms with Gasteiger partial charge in [0.15, 0.2) is 5.12 Å². The molecule has 1 aliphatic rings. The highest BCUT2D eigenvalue weighted by atomic mass is 32.2. The number of rotatable bonds is 5. The zero-order valence-electron chi connectivity index (χ0n) is 10.4. The van der Waals surface area contributed by atoms with Crippen LogP contribution in [0, 0.1) is 5.92 Å². The molecule has 0 aliphatic carbocycles. The Morgan fingerprint density at radius 3 is 3.06 bits per heavy atom. The molecule has 98 valence electrons. The van der Waals surface area contributed by atoms with Crippen LogP contribution >= 0.6 is 11.8 Å². The molecule has 1 atom stereocenters. The van der Waals surface area contributed by atoms with Gasteiger partial charge in [-0.2, -0.15) is 0 Å². The molecule has 6 heteroatoms. The molecule has 1 aliphatic heterocycles. The fraction of sp³-hybridized carbons (Fsp3) is 0.583. The van der Waals surface area contributed by atoms with E-state index in [1.807, 2.05) is 15.7 Å². The molecule has 1 saturated heterocycles. The van der Waals surface area contributed by atoms with Crippen LogP contribution in [-0.2, 0) is 16.1 Å². The fourth-order valence-electron chi connectivity index (χ4n) is 2.07. The van der Waals surface area contributed by atoms with E-state index in [-0.39, 0.29) is 11.0 Å². The number of carbonyl (C=O) groups is 2. The van der Waals surface area contributed by atoms with Crippen LogP contribution in [0.15, 0.2) is 18.7 Å². The van der Waals surface area contributed by atoms with E-state index in [2.05, 4.69) is 4.98 Å². The topological polar surface area (TPSA) is 55.2 Å². The van der Waals surface area contributed by atoms with Gasteiger partial charge in [0.1, 0.15) is 0 Å². The predicted molar refractivity (Wildman–Crippen MR) is 70.1 cm³/mol. The molecule has 0 N–H and O–H groups in total. The highest BCUT2D eigenvalue weighted by Gasteiger charge is 2.29. The number of hydrogen-bond donors (Lipinski definition) is 0. The third-order valence-corrected chi connectivity index (χ3v) is 4.05. The number of carbonyl (C=O) groups excluding carboxylic acids is 2. The van der Waals surface area contributed by atoms with Gasteiger partial charge in [-0.05, 0) is 5.92 Å². The minimum Gasteiger partial charge on any atom is -0.341 e. The summed E-state index contributed by atoms with van der Waals surface area (Å²) in [6.45, 7) is 3.83. The van der Waals surface area contributed by atoms with Gasteiger partial charge in [-0.1, -0.05) is 11.8 Å². The normalized spacial score (nSPS) is 19.5. The second-order valence-corrected chi connectivity index (χ2v) is 5.71. The first-order valence-electron chi connectivity index (χ1n) is 6.02. The van der Waals surface area contributed by atoms with Crippen LogP contribution < -0.4 is 0 Å². The van der Waals surface area contributed by atoms with Crippen molar-refractivity contribution < 1.29 is 9.59 Å². The van der Waals surface area contributed by atoms with Crippen molar-refractivity contribution in [3.8, 4) is 0 Å². The highest BCUT2D eigenvalue weighted by molar-refractivity contribution is 8.13. The predicted octanol–water partition coefficient (Wildman–Crippen LogP) is 1.01. The minimum atomic E-state index is 0.124. The third-order valence-electron chi connectivity index (χ3n) is 3.00. The van der Waals surface area contributed by atoms with Crippen molar-refractivity contribution in [3.05, 3.63) is 18.7 Å². The largest absolute Gasteiger partial charge is 0.341 e. The quantitative estimate of drug-likeness (QED) is 0.799. The molecule has 1 unspecified atom stereocenters. The van der Waals surface area contributed by atoms with Gasteiger partial charge in [0.25, 0.3) is 0 Å². The number of aromatic nitrogens is 2. The van der Waals surface area contributed by atoms with E-state index in [0.717, 1.165) is 25.4 Å². The van der Waals surface area contributed by atoms with Crippen LogP contribution in [0.1, 0.15) is 13.3 Å². The van der Waals surface area contributed by atoms with Gasteiger partial charge >= 0.3 is 0 Å². The fourth-order valence-corrected chi connectivity index (χ4v) is 2.77. The minimum absolute atomic E-state index is 0.124. The summed E-state index contributed by atoms with van der Waals surface area (Å²) in [6, 6.07) is 0. The first-order valence-corrected chi connectivity index (χ1v) is 7.00. The van der Waals surface area contributed by atoms with E-state index >= 15 is 0 Å². The first-order chi connectivity index (χ1) is 8.65. The Morgan fingerprint density at radius 1 is 1.56 bits per heavy atom. The highest BCUT2D eigenvalue weighted by Crippen LogP contribution is 2.22. The molecule has 0 spiro atoms. The lowest BCUT2D eigenvalue weighted by Crippen LogP contribution is -2.29. The molecule has 18 heavy (non-hydrogen) atoms. The standard InChI is InChI=1S/C12H17N3O2S/c1-10(16)18-8-11-6-12(17)15(7-11)5-4-14-3-2-13-9-14/h2-3,9,11H,4-8H2,1H3. The van der Waals surface area contributed by atoms with Crippen molar-refractivity contribution in [2.45, 2.75) is 19.9 Å². The molecular weight excluding hydrogens is 250 g/mol. The monoisotopic (exact) mass is 267 g/mol. The number of imidazole rings is 1. The summed E-state index contributed by atoms with van der Waals surface area (Å²) in [5, 5.41) is 0.124. The number of likely N-dealkylation sites (tertiary alicyclic amines) is 1. The second kappa shape index (κ2) is 6.04. The molecule has 1 amide bonds. The van der Waals surface area contributed by atoms with Gasteiger partial charge < -0.3 is 9.47 Å². The summed E-state index contributed by atoms with van der Waals surface area (Å²) in [4.78, 5) is 28.5. The number of amides is 1. The van der Waals surface area contributed by atoms with Crippen LogP contribution in [0.3, 0.4) is 0 Å². The van der Waals surface area contributed by atoms with Gasteiger partial charge in [0.2, 0.25) is 5.91 Å². The first kappa shape index (κ1) is 13.1. The van der Waals surface area contributed by atoms with E-state index in [0.29, 0.717) is 12.3 Å². The van der Waals surface area contributed by atoms with E-state index in [9.17, 15) is 9.59 Å².